The summed E-state index contributed by atoms with van der Waals surface area (Å²) in [6.45, 7) is 11.9. The highest BCUT2D eigenvalue weighted by atomic mass is 35.5. The molecule has 3 saturated carbocycles. The lowest BCUT2D eigenvalue weighted by molar-refractivity contribution is -0.104. The van der Waals surface area contributed by atoms with Gasteiger partial charge >= 0.3 is 7.82 Å². The van der Waals surface area contributed by atoms with Gasteiger partial charge in [0.05, 0.1) is 35.9 Å². The lowest BCUT2D eigenvalue weighted by Crippen LogP contribution is -2.56. The second-order valence-electron chi connectivity index (χ2n) is 12.9. The molecule has 5 nitrogen and oxygen atoms in total. The van der Waals surface area contributed by atoms with Crippen molar-refractivity contribution in [3.63, 3.8) is 0 Å². The summed E-state index contributed by atoms with van der Waals surface area (Å²) in [7, 11) is -4.11. The number of phosphoric acid groups is 1. The van der Waals surface area contributed by atoms with Gasteiger partial charge in [0.2, 0.25) is 0 Å². The molecular formula is C27H45Cl2O5P. The van der Waals surface area contributed by atoms with Crippen LogP contribution in [0.15, 0.2) is 11.6 Å². The predicted octanol–water partition coefficient (Wildman–Crippen LogP) is 8.83. The Kier molecular flexibility index (Phi) is 8.82. The van der Waals surface area contributed by atoms with E-state index >= 15 is 0 Å². The molecule has 0 aromatic rings. The van der Waals surface area contributed by atoms with Crippen molar-refractivity contribution in [3.8, 4) is 0 Å². The van der Waals surface area contributed by atoms with Crippen molar-refractivity contribution in [2.24, 2.45) is 46.3 Å². The zero-order chi connectivity index (χ0) is 25.6. The van der Waals surface area contributed by atoms with E-state index < -0.39 is 20.0 Å². The zero-order valence-electron chi connectivity index (χ0n) is 22.1. The summed E-state index contributed by atoms with van der Waals surface area (Å²) in [5.74, 6) is 3.97. The molecule has 3 fully saturated rings. The normalized spacial score (nSPS) is 42.3. The highest BCUT2D eigenvalue weighted by Gasteiger charge is 2.62. The number of halogens is 2. The monoisotopic (exact) mass is 550 g/mol. The molecule has 1 unspecified atom stereocenters. The third kappa shape index (κ3) is 5.19. The first-order valence-corrected chi connectivity index (χ1v) is 15.8. The Morgan fingerprint density at radius 2 is 1.83 bits per heavy atom. The molecule has 0 aromatic carbocycles. The molecule has 8 heteroatoms. The van der Waals surface area contributed by atoms with Crippen LogP contribution in [0.25, 0.3) is 0 Å². The summed E-state index contributed by atoms with van der Waals surface area (Å²) in [6, 6.07) is 0. The SMILES string of the molecule is CC(C)CCC[C@@H](C)[C@H]1CC[C@H]2[C@@H]3CC=C4C[C@H](O)CC(OP(=O)(OCl)OCl)[C@]4(C)[C@H]3CC[C@]12C. The first-order valence-electron chi connectivity index (χ1n) is 13.7. The Morgan fingerprint density at radius 3 is 2.49 bits per heavy atom. The highest BCUT2D eigenvalue weighted by Crippen LogP contribution is 2.69. The van der Waals surface area contributed by atoms with E-state index in [-0.39, 0.29) is 5.41 Å². The summed E-state index contributed by atoms with van der Waals surface area (Å²) in [6.07, 6.45) is 12.2. The maximum atomic E-state index is 12.8. The molecule has 0 radical (unpaired) electrons. The maximum Gasteiger partial charge on any atom is 0.508 e. The van der Waals surface area contributed by atoms with Gasteiger partial charge in [0, 0.05) is 11.8 Å². The van der Waals surface area contributed by atoms with Crippen molar-refractivity contribution in [3.05, 3.63) is 11.6 Å². The molecule has 4 aliphatic carbocycles. The van der Waals surface area contributed by atoms with E-state index in [0.717, 1.165) is 30.6 Å². The second kappa shape index (κ2) is 10.9. The molecule has 202 valence electrons. The van der Waals surface area contributed by atoms with E-state index in [1.165, 1.54) is 44.1 Å². The van der Waals surface area contributed by atoms with Gasteiger partial charge in [-0.1, -0.05) is 65.5 Å². The van der Waals surface area contributed by atoms with Crippen LogP contribution in [0.4, 0.5) is 0 Å². The second-order valence-corrected chi connectivity index (χ2v) is 15.1. The van der Waals surface area contributed by atoms with E-state index in [0.29, 0.717) is 36.0 Å². The van der Waals surface area contributed by atoms with Crippen LogP contribution in [-0.2, 0) is 17.2 Å². The minimum atomic E-state index is -4.11. The third-order valence-corrected chi connectivity index (χ3v) is 12.6. The number of hydrogen-bond donors (Lipinski definition) is 1. The molecule has 0 heterocycles. The van der Waals surface area contributed by atoms with Crippen LogP contribution in [-0.4, -0.2) is 17.3 Å². The fourth-order valence-corrected chi connectivity index (χ4v) is 10.2. The molecule has 0 aromatic heterocycles. The first-order chi connectivity index (χ1) is 16.5. The summed E-state index contributed by atoms with van der Waals surface area (Å²) >= 11 is 10.9. The van der Waals surface area contributed by atoms with Crippen LogP contribution in [0.2, 0.25) is 0 Å². The fraction of sp³-hybridized carbons (Fsp3) is 0.926. The number of aliphatic hydroxyl groups is 1. The highest BCUT2D eigenvalue weighted by molar-refractivity contribution is 7.50. The third-order valence-electron chi connectivity index (χ3n) is 10.8. The Bertz CT molecular complexity index is 828. The van der Waals surface area contributed by atoms with Crippen molar-refractivity contribution >= 4 is 31.6 Å². The number of allylic oxidation sites excluding steroid dienone is 1. The summed E-state index contributed by atoms with van der Waals surface area (Å²) < 4.78 is 27.6. The minimum absolute atomic E-state index is 0.356. The maximum absolute atomic E-state index is 12.8. The van der Waals surface area contributed by atoms with E-state index in [1.807, 2.05) is 0 Å². The van der Waals surface area contributed by atoms with Gasteiger partial charge in [-0.25, -0.2) is 4.57 Å². The Labute approximate surface area is 222 Å². The summed E-state index contributed by atoms with van der Waals surface area (Å²) in [5, 5.41) is 10.6. The molecule has 0 bridgehead atoms. The molecule has 0 aliphatic heterocycles. The smallest absolute Gasteiger partial charge is 0.393 e. The van der Waals surface area contributed by atoms with E-state index in [2.05, 4.69) is 48.8 Å². The summed E-state index contributed by atoms with van der Waals surface area (Å²) in [5.41, 5.74) is 1.22. The van der Waals surface area contributed by atoms with Gasteiger partial charge < -0.3 is 5.11 Å². The zero-order valence-corrected chi connectivity index (χ0v) is 24.5. The van der Waals surface area contributed by atoms with Gasteiger partial charge in [-0.15, -0.1) is 0 Å². The van der Waals surface area contributed by atoms with Crippen molar-refractivity contribution in [2.45, 2.75) is 111 Å². The molecule has 0 spiro atoms. The molecule has 4 rings (SSSR count). The van der Waals surface area contributed by atoms with Crippen LogP contribution in [0, 0.1) is 46.3 Å². The molecule has 0 amide bonds. The topological polar surface area (TPSA) is 65.0 Å². The van der Waals surface area contributed by atoms with E-state index in [1.54, 1.807) is 0 Å². The van der Waals surface area contributed by atoms with Crippen LogP contribution >= 0.6 is 31.6 Å². The van der Waals surface area contributed by atoms with Crippen molar-refractivity contribution in [2.75, 3.05) is 0 Å². The first kappa shape index (κ1) is 28.4. The predicted molar refractivity (Wildman–Crippen MR) is 141 cm³/mol. The largest absolute Gasteiger partial charge is 0.508 e. The Balaban J connectivity index is 1.57. The van der Waals surface area contributed by atoms with Crippen molar-refractivity contribution in [1.29, 1.82) is 0 Å². The average Bonchev–Trinajstić information content (AvgIpc) is 3.17. The van der Waals surface area contributed by atoms with Crippen molar-refractivity contribution in [1.82, 2.24) is 0 Å². The molecular weight excluding hydrogens is 506 g/mol. The van der Waals surface area contributed by atoms with Crippen molar-refractivity contribution < 1.29 is 22.3 Å². The van der Waals surface area contributed by atoms with E-state index in [9.17, 15) is 9.67 Å². The van der Waals surface area contributed by atoms with Gasteiger partial charge in [0.25, 0.3) is 0 Å². The minimum Gasteiger partial charge on any atom is -0.393 e. The molecule has 0 saturated heterocycles. The Hall–Kier alpha value is 0.390. The van der Waals surface area contributed by atoms with Gasteiger partial charge in [0.1, 0.15) is 0 Å². The van der Waals surface area contributed by atoms with Gasteiger partial charge in [-0.3, -0.25) is 4.52 Å². The van der Waals surface area contributed by atoms with Gasteiger partial charge in [-0.05, 0) is 79.4 Å². The quantitative estimate of drug-likeness (QED) is 0.229. The van der Waals surface area contributed by atoms with Crippen LogP contribution in [0.3, 0.4) is 0 Å². The average molecular weight is 552 g/mol. The number of aliphatic hydroxyl groups excluding tert-OH is 1. The summed E-state index contributed by atoms with van der Waals surface area (Å²) in [4.78, 5) is 0. The fourth-order valence-electron chi connectivity index (χ4n) is 9.05. The van der Waals surface area contributed by atoms with Crippen LogP contribution in [0.1, 0.15) is 98.8 Å². The molecule has 1 N–H and O–H groups in total. The lowest BCUT2D eigenvalue weighted by Gasteiger charge is -2.60. The lowest BCUT2D eigenvalue weighted by atomic mass is 9.46. The van der Waals surface area contributed by atoms with Gasteiger partial charge in [-0.2, -0.15) is 8.15 Å². The number of fused-ring (bicyclic) bond motifs is 5. The Morgan fingerprint density at radius 1 is 1.11 bits per heavy atom. The number of hydrogen-bond acceptors (Lipinski definition) is 5. The molecule has 9 atom stereocenters. The molecule has 4 aliphatic rings. The van der Waals surface area contributed by atoms with Crippen LogP contribution < -0.4 is 0 Å². The standard InChI is InChI=1S/C27H45Cl2O5P/c1-17(2)7-6-8-18(3)22-11-12-23-21-10-9-19-15-20(30)16-25(32-35(31,33-28)34-29)27(19,5)24(21)13-14-26(22,23)4/h9,17-18,20-25,30H,6-8,10-16H2,1-5H3/t18-,20+,21+,22-,23+,24+,25?,26-,27+/m1/s1. The number of rotatable bonds is 9. The van der Waals surface area contributed by atoms with Crippen LogP contribution in [0.5, 0.6) is 0 Å². The molecule has 35 heavy (non-hydrogen) atoms. The van der Waals surface area contributed by atoms with Gasteiger partial charge in [0.15, 0.2) is 0 Å². The van der Waals surface area contributed by atoms with E-state index in [4.69, 9.17) is 28.3 Å².